The average molecular weight is 530 g/mol. The highest BCUT2D eigenvalue weighted by molar-refractivity contribution is 14.0. The molecule has 1 saturated heterocycles. The van der Waals surface area contributed by atoms with E-state index in [-0.39, 0.29) is 24.0 Å². The summed E-state index contributed by atoms with van der Waals surface area (Å²) >= 11 is 0. The molecule has 6 nitrogen and oxygen atoms in total. The van der Waals surface area contributed by atoms with Crippen molar-refractivity contribution in [2.75, 3.05) is 33.8 Å². The van der Waals surface area contributed by atoms with Gasteiger partial charge in [0.1, 0.15) is 11.5 Å². The molecule has 0 amide bonds. The van der Waals surface area contributed by atoms with Crippen LogP contribution in [0.5, 0.6) is 11.5 Å². The number of benzene rings is 1. The van der Waals surface area contributed by atoms with E-state index in [1.54, 1.807) is 7.11 Å². The van der Waals surface area contributed by atoms with Crippen molar-refractivity contribution >= 4 is 29.9 Å². The second-order valence-electron chi connectivity index (χ2n) is 8.18. The van der Waals surface area contributed by atoms with Crippen molar-refractivity contribution < 1.29 is 9.47 Å². The van der Waals surface area contributed by atoms with Gasteiger partial charge >= 0.3 is 0 Å². The topological polar surface area (TPSA) is 58.1 Å². The van der Waals surface area contributed by atoms with Crippen LogP contribution in [0.1, 0.15) is 57.4 Å². The van der Waals surface area contributed by atoms with E-state index in [9.17, 15) is 0 Å². The summed E-state index contributed by atoms with van der Waals surface area (Å²) in [6.45, 7) is 6.47. The number of guanidine groups is 1. The van der Waals surface area contributed by atoms with E-state index in [2.05, 4.69) is 33.5 Å². The van der Waals surface area contributed by atoms with Crippen molar-refractivity contribution in [2.45, 2.75) is 70.6 Å². The lowest BCUT2D eigenvalue weighted by atomic mass is 10.1. The van der Waals surface area contributed by atoms with Gasteiger partial charge in [0.15, 0.2) is 5.96 Å². The van der Waals surface area contributed by atoms with Gasteiger partial charge in [0.05, 0.1) is 13.2 Å². The van der Waals surface area contributed by atoms with Gasteiger partial charge in [-0.15, -0.1) is 24.0 Å². The highest BCUT2D eigenvalue weighted by Crippen LogP contribution is 2.30. The molecular formula is C23H39IN4O2. The fourth-order valence-electron chi connectivity index (χ4n) is 4.29. The summed E-state index contributed by atoms with van der Waals surface area (Å²) in [5, 5.41) is 7.08. The second-order valence-corrected chi connectivity index (χ2v) is 8.18. The third-order valence-electron chi connectivity index (χ3n) is 6.01. The number of likely N-dealkylation sites (tertiary alicyclic amines) is 1. The number of nitrogens with one attached hydrogen (secondary N) is 2. The molecular weight excluding hydrogens is 491 g/mol. The summed E-state index contributed by atoms with van der Waals surface area (Å²) in [6, 6.07) is 6.58. The molecule has 0 atom stereocenters. The number of methoxy groups -OCH3 is 1. The minimum atomic E-state index is 0. The van der Waals surface area contributed by atoms with E-state index in [0.717, 1.165) is 35.9 Å². The zero-order valence-corrected chi connectivity index (χ0v) is 21.1. The molecule has 3 rings (SSSR count). The smallest absolute Gasteiger partial charge is 0.191 e. The Morgan fingerprint density at radius 3 is 2.53 bits per heavy atom. The molecule has 30 heavy (non-hydrogen) atoms. The lowest BCUT2D eigenvalue weighted by Crippen LogP contribution is -2.48. The van der Waals surface area contributed by atoms with Crippen LogP contribution in [0.3, 0.4) is 0 Å². The predicted octanol–water partition coefficient (Wildman–Crippen LogP) is 4.17. The summed E-state index contributed by atoms with van der Waals surface area (Å²) in [7, 11) is 3.54. The average Bonchev–Trinajstić information content (AvgIpc) is 3.26. The largest absolute Gasteiger partial charge is 0.497 e. The van der Waals surface area contributed by atoms with E-state index in [1.165, 1.54) is 51.7 Å². The standard InChI is InChI=1S/C23H38N4O2.HI/c1-4-13-27-14-11-19(12-15-27)26-23(24-2)25-17-18-9-10-21(28-3)16-22(18)29-20-7-5-6-8-20;/h9-10,16,19-20H,4-8,11-15,17H2,1-3H3,(H2,24,25,26);1H. The van der Waals surface area contributed by atoms with Crippen LogP contribution in [0.25, 0.3) is 0 Å². The van der Waals surface area contributed by atoms with Gasteiger partial charge in [0, 0.05) is 44.4 Å². The van der Waals surface area contributed by atoms with Crippen LogP contribution in [-0.2, 0) is 6.54 Å². The molecule has 0 bridgehead atoms. The molecule has 1 saturated carbocycles. The van der Waals surface area contributed by atoms with Crippen LogP contribution in [0.15, 0.2) is 23.2 Å². The van der Waals surface area contributed by atoms with Crippen LogP contribution in [0.4, 0.5) is 0 Å². The van der Waals surface area contributed by atoms with Gasteiger partial charge in [-0.05, 0) is 63.6 Å². The highest BCUT2D eigenvalue weighted by atomic mass is 127. The molecule has 1 aliphatic carbocycles. The molecule has 2 aliphatic rings. The SMILES string of the molecule is CCCN1CCC(NC(=NC)NCc2ccc(OC)cc2OC2CCCC2)CC1.I. The van der Waals surface area contributed by atoms with Gasteiger partial charge in [-0.25, -0.2) is 0 Å². The van der Waals surface area contributed by atoms with E-state index in [4.69, 9.17) is 9.47 Å². The maximum atomic E-state index is 6.31. The summed E-state index contributed by atoms with van der Waals surface area (Å²) in [5.41, 5.74) is 1.14. The van der Waals surface area contributed by atoms with Crippen molar-refractivity contribution in [1.82, 2.24) is 15.5 Å². The number of halogens is 1. The number of ether oxygens (including phenoxy) is 2. The molecule has 0 aromatic heterocycles. The van der Waals surface area contributed by atoms with Gasteiger partial charge in [0.25, 0.3) is 0 Å². The summed E-state index contributed by atoms with van der Waals surface area (Å²) in [6.07, 6.45) is 8.69. The van der Waals surface area contributed by atoms with Crippen LogP contribution < -0.4 is 20.1 Å². The number of piperidine rings is 1. The Bertz CT molecular complexity index is 657. The normalized spacial score (nSPS) is 18.7. The van der Waals surface area contributed by atoms with Gasteiger partial charge in [-0.1, -0.05) is 6.92 Å². The zero-order chi connectivity index (χ0) is 20.5. The number of aliphatic imine (C=N–C) groups is 1. The first kappa shape index (κ1) is 25.0. The third kappa shape index (κ3) is 7.48. The maximum absolute atomic E-state index is 6.31. The third-order valence-corrected chi connectivity index (χ3v) is 6.01. The Morgan fingerprint density at radius 2 is 1.90 bits per heavy atom. The van der Waals surface area contributed by atoms with E-state index in [0.29, 0.717) is 18.7 Å². The number of rotatable bonds is 8. The molecule has 1 aliphatic heterocycles. The lowest BCUT2D eigenvalue weighted by Gasteiger charge is -2.32. The van der Waals surface area contributed by atoms with Crippen molar-refractivity contribution in [1.29, 1.82) is 0 Å². The first-order valence-corrected chi connectivity index (χ1v) is 11.2. The van der Waals surface area contributed by atoms with Crippen molar-refractivity contribution in [2.24, 2.45) is 4.99 Å². The minimum Gasteiger partial charge on any atom is -0.497 e. The van der Waals surface area contributed by atoms with Gasteiger partial charge in [0.2, 0.25) is 0 Å². The second kappa shape index (κ2) is 13.2. The number of hydrogen-bond acceptors (Lipinski definition) is 4. The van der Waals surface area contributed by atoms with E-state index in [1.807, 2.05) is 19.2 Å². The maximum Gasteiger partial charge on any atom is 0.191 e. The Labute approximate surface area is 199 Å². The first-order chi connectivity index (χ1) is 14.2. The van der Waals surface area contributed by atoms with Crippen LogP contribution in [0.2, 0.25) is 0 Å². The lowest BCUT2D eigenvalue weighted by molar-refractivity contribution is 0.205. The Morgan fingerprint density at radius 1 is 1.17 bits per heavy atom. The van der Waals surface area contributed by atoms with Gasteiger partial charge < -0.3 is 25.0 Å². The molecule has 1 aromatic carbocycles. The van der Waals surface area contributed by atoms with Gasteiger partial charge in [-0.3, -0.25) is 4.99 Å². The summed E-state index contributed by atoms with van der Waals surface area (Å²) in [5.74, 6) is 2.62. The molecule has 0 radical (unpaired) electrons. The van der Waals surface area contributed by atoms with Crippen LogP contribution >= 0.6 is 24.0 Å². The van der Waals surface area contributed by atoms with Gasteiger partial charge in [-0.2, -0.15) is 0 Å². The van der Waals surface area contributed by atoms with Crippen LogP contribution in [0, 0.1) is 0 Å². The molecule has 2 fully saturated rings. The summed E-state index contributed by atoms with van der Waals surface area (Å²) in [4.78, 5) is 6.99. The fourth-order valence-corrected chi connectivity index (χ4v) is 4.29. The zero-order valence-electron chi connectivity index (χ0n) is 18.8. The van der Waals surface area contributed by atoms with Crippen molar-refractivity contribution in [3.8, 4) is 11.5 Å². The number of nitrogens with zero attached hydrogens (tertiary/aromatic N) is 2. The van der Waals surface area contributed by atoms with Crippen molar-refractivity contribution in [3.63, 3.8) is 0 Å². The first-order valence-electron chi connectivity index (χ1n) is 11.2. The molecule has 0 spiro atoms. The molecule has 170 valence electrons. The summed E-state index contributed by atoms with van der Waals surface area (Å²) < 4.78 is 11.7. The monoisotopic (exact) mass is 530 g/mol. The van der Waals surface area contributed by atoms with Crippen molar-refractivity contribution in [3.05, 3.63) is 23.8 Å². The Kier molecular flexibility index (Phi) is 11.1. The van der Waals surface area contributed by atoms with E-state index < -0.39 is 0 Å². The molecule has 0 unspecified atom stereocenters. The molecule has 1 heterocycles. The quantitative estimate of drug-likeness (QED) is 0.300. The highest BCUT2D eigenvalue weighted by Gasteiger charge is 2.20. The minimum absolute atomic E-state index is 0. The molecule has 1 aromatic rings. The molecule has 2 N–H and O–H groups in total. The van der Waals surface area contributed by atoms with Crippen LogP contribution in [-0.4, -0.2) is 56.8 Å². The Balaban J connectivity index is 0.00000320. The van der Waals surface area contributed by atoms with E-state index >= 15 is 0 Å². The Hall–Kier alpha value is -1.22. The predicted molar refractivity (Wildman–Crippen MR) is 134 cm³/mol. The number of hydrogen-bond donors (Lipinski definition) is 2. The fraction of sp³-hybridized carbons (Fsp3) is 0.696. The molecule has 7 heteroatoms.